The monoisotopic (exact) mass is 442 g/mol. The highest BCUT2D eigenvalue weighted by molar-refractivity contribution is 5.67. The van der Waals surface area contributed by atoms with Crippen molar-refractivity contribution in [3.8, 4) is 11.5 Å². The van der Waals surface area contributed by atoms with Gasteiger partial charge in [-0.15, -0.1) is 10.2 Å². The molecule has 1 aromatic heterocycles. The molecule has 33 heavy (non-hydrogen) atoms. The summed E-state index contributed by atoms with van der Waals surface area (Å²) in [6.07, 6.45) is 11.9. The van der Waals surface area contributed by atoms with Gasteiger partial charge in [-0.1, -0.05) is 24.3 Å². The standard InChI is InChI=1S/C28H30N2O3/c1-31-25-9-7-19(14-23(25)18-32-24-5-3-2-4-6-24)8-10-26-29-30-27(33-26)28-15-20-11-21(16-28)13-22(12-20)17-28/h2-10,14,20-22H,11-13,15-18H2,1H3/b10-8-. The van der Waals surface area contributed by atoms with E-state index in [9.17, 15) is 0 Å². The Labute approximate surface area is 194 Å². The first-order valence-electron chi connectivity index (χ1n) is 12.1. The average Bonchev–Trinajstić information content (AvgIpc) is 3.31. The van der Waals surface area contributed by atoms with Crippen LogP contribution in [0.2, 0.25) is 0 Å². The molecule has 0 N–H and O–H groups in total. The fourth-order valence-electron chi connectivity index (χ4n) is 6.75. The smallest absolute Gasteiger partial charge is 0.240 e. The lowest BCUT2D eigenvalue weighted by molar-refractivity contribution is -0.0179. The second-order valence-electron chi connectivity index (χ2n) is 10.1. The maximum absolute atomic E-state index is 6.21. The van der Waals surface area contributed by atoms with Gasteiger partial charge in [0.1, 0.15) is 18.1 Å². The number of hydrogen-bond donors (Lipinski definition) is 0. The number of rotatable bonds is 7. The third kappa shape index (κ3) is 4.05. The molecule has 170 valence electrons. The third-order valence-electron chi connectivity index (χ3n) is 7.79. The van der Waals surface area contributed by atoms with Crippen LogP contribution in [0.4, 0.5) is 0 Å². The highest BCUT2D eigenvalue weighted by Gasteiger charge is 2.54. The number of benzene rings is 2. The minimum atomic E-state index is 0.135. The number of nitrogens with zero attached hydrogens (tertiary/aromatic N) is 2. The number of methoxy groups -OCH3 is 1. The zero-order valence-electron chi connectivity index (χ0n) is 19.1. The van der Waals surface area contributed by atoms with Gasteiger partial charge < -0.3 is 13.9 Å². The molecule has 4 bridgehead atoms. The van der Waals surface area contributed by atoms with Crippen LogP contribution in [0, 0.1) is 17.8 Å². The molecule has 3 aromatic rings. The Hall–Kier alpha value is -3.08. The molecule has 2 aromatic carbocycles. The Morgan fingerprint density at radius 3 is 2.36 bits per heavy atom. The predicted molar refractivity (Wildman–Crippen MR) is 127 cm³/mol. The van der Waals surface area contributed by atoms with Crippen molar-refractivity contribution in [3.05, 3.63) is 71.4 Å². The van der Waals surface area contributed by atoms with E-state index in [2.05, 4.69) is 16.3 Å². The number of hydrogen-bond acceptors (Lipinski definition) is 5. The van der Waals surface area contributed by atoms with Crippen molar-refractivity contribution >= 4 is 12.2 Å². The van der Waals surface area contributed by atoms with Crippen LogP contribution >= 0.6 is 0 Å². The molecule has 0 unspecified atom stereocenters. The lowest BCUT2D eigenvalue weighted by Crippen LogP contribution is -2.48. The van der Waals surface area contributed by atoms with Gasteiger partial charge in [0.2, 0.25) is 11.8 Å². The summed E-state index contributed by atoms with van der Waals surface area (Å²) in [5.41, 5.74) is 2.16. The molecule has 4 saturated carbocycles. The van der Waals surface area contributed by atoms with Crippen LogP contribution in [0.1, 0.15) is 61.4 Å². The van der Waals surface area contributed by atoms with Crippen LogP contribution in [0.25, 0.3) is 12.2 Å². The fourth-order valence-corrected chi connectivity index (χ4v) is 6.75. The van der Waals surface area contributed by atoms with Gasteiger partial charge >= 0.3 is 0 Å². The molecule has 4 aliphatic carbocycles. The molecule has 0 aliphatic heterocycles. The quantitative estimate of drug-likeness (QED) is 0.430. The molecule has 0 radical (unpaired) electrons. The second-order valence-corrected chi connectivity index (χ2v) is 10.1. The van der Waals surface area contributed by atoms with Crippen LogP contribution in [0.15, 0.2) is 52.9 Å². The number of para-hydroxylation sites is 1. The molecule has 4 fully saturated rings. The molecule has 7 rings (SSSR count). The molecule has 0 spiro atoms. The Kier molecular flexibility index (Phi) is 5.20. The molecular formula is C28H30N2O3. The van der Waals surface area contributed by atoms with Crippen molar-refractivity contribution in [2.75, 3.05) is 7.11 Å². The molecule has 5 heteroatoms. The van der Waals surface area contributed by atoms with Gasteiger partial charge in [0, 0.05) is 17.1 Å². The Bertz CT molecular complexity index is 1120. The van der Waals surface area contributed by atoms with Crippen molar-refractivity contribution < 1.29 is 13.9 Å². The lowest BCUT2D eigenvalue weighted by Gasteiger charge is -2.55. The summed E-state index contributed by atoms with van der Waals surface area (Å²) < 4.78 is 17.7. The van der Waals surface area contributed by atoms with E-state index in [0.717, 1.165) is 46.3 Å². The van der Waals surface area contributed by atoms with E-state index < -0.39 is 0 Å². The van der Waals surface area contributed by atoms with E-state index in [0.29, 0.717) is 12.5 Å². The van der Waals surface area contributed by atoms with Gasteiger partial charge in [0.05, 0.1) is 7.11 Å². The summed E-state index contributed by atoms with van der Waals surface area (Å²) in [5.74, 6) is 5.68. The van der Waals surface area contributed by atoms with Gasteiger partial charge in [-0.3, -0.25) is 0 Å². The third-order valence-corrected chi connectivity index (χ3v) is 7.79. The SMILES string of the molecule is COc1ccc(/C=C\c2nnc(C34CC5CC(CC(C5)C3)C4)o2)cc1COc1ccccc1. The largest absolute Gasteiger partial charge is 0.496 e. The first-order valence-corrected chi connectivity index (χ1v) is 12.1. The maximum atomic E-state index is 6.21. The molecular weight excluding hydrogens is 412 g/mol. The minimum Gasteiger partial charge on any atom is -0.496 e. The molecule has 1 heterocycles. The fraction of sp³-hybridized carbons (Fsp3) is 0.429. The highest BCUT2D eigenvalue weighted by atomic mass is 16.5. The van der Waals surface area contributed by atoms with Crippen molar-refractivity contribution in [1.29, 1.82) is 0 Å². The van der Waals surface area contributed by atoms with Crippen molar-refractivity contribution in [1.82, 2.24) is 10.2 Å². The summed E-state index contributed by atoms with van der Waals surface area (Å²) in [6, 6.07) is 15.9. The van der Waals surface area contributed by atoms with E-state index in [1.165, 1.54) is 38.5 Å². The summed E-state index contributed by atoms with van der Waals surface area (Å²) in [4.78, 5) is 0. The van der Waals surface area contributed by atoms with Crippen LogP contribution in [0.3, 0.4) is 0 Å². The summed E-state index contributed by atoms with van der Waals surface area (Å²) in [6.45, 7) is 0.436. The van der Waals surface area contributed by atoms with E-state index in [1.54, 1.807) is 7.11 Å². The lowest BCUT2D eigenvalue weighted by atomic mass is 9.49. The Morgan fingerprint density at radius 2 is 1.67 bits per heavy atom. The molecule has 5 nitrogen and oxygen atoms in total. The molecule has 4 aliphatic rings. The van der Waals surface area contributed by atoms with Crippen molar-refractivity contribution in [2.45, 2.75) is 50.5 Å². The summed E-state index contributed by atoms with van der Waals surface area (Å²) >= 11 is 0. The first kappa shape index (κ1) is 20.5. The zero-order chi connectivity index (χ0) is 22.3. The van der Waals surface area contributed by atoms with E-state index in [-0.39, 0.29) is 5.41 Å². The topological polar surface area (TPSA) is 57.4 Å². The summed E-state index contributed by atoms with van der Waals surface area (Å²) in [5, 5.41) is 8.89. The van der Waals surface area contributed by atoms with Crippen molar-refractivity contribution in [3.63, 3.8) is 0 Å². The van der Waals surface area contributed by atoms with E-state index in [4.69, 9.17) is 13.9 Å². The van der Waals surface area contributed by atoms with Crippen molar-refractivity contribution in [2.24, 2.45) is 17.8 Å². The van der Waals surface area contributed by atoms with Crippen LogP contribution < -0.4 is 9.47 Å². The van der Waals surface area contributed by atoms with Crippen LogP contribution in [-0.2, 0) is 12.0 Å². The number of aromatic nitrogens is 2. The minimum absolute atomic E-state index is 0.135. The zero-order valence-corrected chi connectivity index (χ0v) is 19.1. The van der Waals surface area contributed by atoms with Gasteiger partial charge in [0.25, 0.3) is 0 Å². The second kappa shape index (κ2) is 8.36. The normalized spacial score (nSPS) is 27.8. The summed E-state index contributed by atoms with van der Waals surface area (Å²) in [7, 11) is 1.68. The van der Waals surface area contributed by atoms with Gasteiger partial charge in [-0.05, 0) is 92.2 Å². The van der Waals surface area contributed by atoms with E-state index >= 15 is 0 Å². The van der Waals surface area contributed by atoms with Crippen LogP contribution in [0.5, 0.6) is 11.5 Å². The van der Waals surface area contributed by atoms with Crippen LogP contribution in [-0.4, -0.2) is 17.3 Å². The number of ether oxygens (including phenoxy) is 2. The van der Waals surface area contributed by atoms with E-state index in [1.807, 2.05) is 54.6 Å². The highest BCUT2D eigenvalue weighted by Crippen LogP contribution is 2.60. The van der Waals surface area contributed by atoms with Gasteiger partial charge in [-0.25, -0.2) is 0 Å². The van der Waals surface area contributed by atoms with Gasteiger partial charge in [0.15, 0.2) is 0 Å². The predicted octanol–water partition coefficient (Wildman–Crippen LogP) is 6.30. The van der Waals surface area contributed by atoms with Gasteiger partial charge in [-0.2, -0.15) is 0 Å². The molecule has 0 atom stereocenters. The molecule has 0 amide bonds. The average molecular weight is 443 g/mol. The Balaban J connectivity index is 1.18. The first-order chi connectivity index (χ1) is 16.2. The maximum Gasteiger partial charge on any atom is 0.240 e. The Morgan fingerprint density at radius 1 is 0.939 bits per heavy atom. The molecule has 0 saturated heterocycles.